The quantitative estimate of drug-likeness (QED) is 0.804. The third-order valence-corrected chi connectivity index (χ3v) is 3.79. The highest BCUT2D eigenvalue weighted by Gasteiger charge is 2.38. The van der Waals surface area contributed by atoms with Gasteiger partial charge >= 0.3 is 12.1 Å². The predicted octanol–water partition coefficient (Wildman–Crippen LogP) is 3.16. The molecular weight excluding hydrogens is 325 g/mol. The summed E-state index contributed by atoms with van der Waals surface area (Å²) in [7, 11) is 0. The number of aromatic nitrogens is 2. The van der Waals surface area contributed by atoms with E-state index in [4.69, 9.17) is 4.74 Å². The van der Waals surface area contributed by atoms with Gasteiger partial charge in [0, 0.05) is 0 Å². The van der Waals surface area contributed by atoms with E-state index in [1.54, 1.807) is 26.8 Å². The van der Waals surface area contributed by atoms with Crippen molar-refractivity contribution in [3.8, 4) is 0 Å². The molecule has 0 bridgehead atoms. The Morgan fingerprint density at radius 2 is 1.88 bits per heavy atom. The molecule has 1 unspecified atom stereocenters. The molecule has 0 N–H and O–H groups in total. The Morgan fingerprint density at radius 1 is 1.29 bits per heavy atom. The summed E-state index contributed by atoms with van der Waals surface area (Å²) in [6.45, 7) is 6.45. The lowest BCUT2D eigenvalue weighted by Gasteiger charge is -2.19. The molecule has 5 nitrogen and oxygen atoms in total. The molecule has 1 aromatic carbocycles. The standard InChI is InChI=1S/C16H17F3N2O3/c1-5-24-15(23)10(4)21-12-7-9(3)8(2)6-11(12)20-13(14(21)22)16(17,18)19/h6-7,10H,5H2,1-4H3. The van der Waals surface area contributed by atoms with Gasteiger partial charge in [-0.15, -0.1) is 0 Å². The Kier molecular flexibility index (Phi) is 4.68. The second-order valence-electron chi connectivity index (χ2n) is 5.49. The number of carbonyl (C=O) groups excluding carboxylic acids is 1. The summed E-state index contributed by atoms with van der Waals surface area (Å²) < 4.78 is 45.1. The Morgan fingerprint density at radius 3 is 2.42 bits per heavy atom. The number of ether oxygens (including phenoxy) is 1. The molecule has 0 aliphatic heterocycles. The van der Waals surface area contributed by atoms with Crippen molar-refractivity contribution < 1.29 is 22.7 Å². The molecule has 24 heavy (non-hydrogen) atoms. The number of benzene rings is 1. The van der Waals surface area contributed by atoms with E-state index in [1.807, 2.05) is 0 Å². The molecule has 0 amide bonds. The van der Waals surface area contributed by atoms with E-state index in [2.05, 4.69) is 4.98 Å². The van der Waals surface area contributed by atoms with Gasteiger partial charge < -0.3 is 4.74 Å². The van der Waals surface area contributed by atoms with Crippen molar-refractivity contribution in [3.63, 3.8) is 0 Å². The predicted molar refractivity (Wildman–Crippen MR) is 81.8 cm³/mol. The molecule has 1 heterocycles. The summed E-state index contributed by atoms with van der Waals surface area (Å²) in [5.41, 5.74) is -1.24. The minimum Gasteiger partial charge on any atom is -0.464 e. The average molecular weight is 342 g/mol. The minimum absolute atomic E-state index is 0.00109. The molecule has 2 aromatic rings. The van der Waals surface area contributed by atoms with Crippen LogP contribution in [0.4, 0.5) is 13.2 Å². The molecule has 8 heteroatoms. The fourth-order valence-electron chi connectivity index (χ4n) is 2.40. The summed E-state index contributed by atoms with van der Waals surface area (Å²) in [6.07, 6.45) is -4.92. The first-order valence-electron chi connectivity index (χ1n) is 7.35. The maximum atomic E-state index is 13.2. The van der Waals surface area contributed by atoms with Gasteiger partial charge in [0.05, 0.1) is 17.6 Å². The lowest BCUT2D eigenvalue weighted by Crippen LogP contribution is -2.35. The summed E-state index contributed by atoms with van der Waals surface area (Å²) >= 11 is 0. The normalized spacial score (nSPS) is 13.1. The third kappa shape index (κ3) is 3.13. The number of alkyl halides is 3. The van der Waals surface area contributed by atoms with E-state index in [-0.39, 0.29) is 17.6 Å². The van der Waals surface area contributed by atoms with Gasteiger partial charge in [0.2, 0.25) is 5.69 Å². The van der Waals surface area contributed by atoms with Gasteiger partial charge in [0.15, 0.2) is 0 Å². The van der Waals surface area contributed by atoms with Crippen molar-refractivity contribution in [2.45, 2.75) is 39.9 Å². The number of aryl methyl sites for hydroxylation is 2. The smallest absolute Gasteiger partial charge is 0.438 e. The first kappa shape index (κ1) is 18.0. The van der Waals surface area contributed by atoms with Crippen LogP contribution in [-0.2, 0) is 15.7 Å². The molecule has 0 radical (unpaired) electrons. The van der Waals surface area contributed by atoms with Crippen LogP contribution in [0.3, 0.4) is 0 Å². The van der Waals surface area contributed by atoms with E-state index in [0.717, 1.165) is 15.7 Å². The SMILES string of the molecule is CCOC(=O)C(C)n1c(=O)c(C(F)(F)F)nc2cc(C)c(C)cc21. The molecule has 1 atom stereocenters. The monoisotopic (exact) mass is 342 g/mol. The fourth-order valence-corrected chi connectivity index (χ4v) is 2.40. The molecule has 0 fully saturated rings. The largest absolute Gasteiger partial charge is 0.464 e. The molecule has 0 saturated heterocycles. The van der Waals surface area contributed by atoms with Crippen molar-refractivity contribution in [2.75, 3.05) is 6.61 Å². The van der Waals surface area contributed by atoms with Crippen LogP contribution >= 0.6 is 0 Å². The lowest BCUT2D eigenvalue weighted by atomic mass is 10.1. The van der Waals surface area contributed by atoms with Crippen LogP contribution in [0.15, 0.2) is 16.9 Å². The number of fused-ring (bicyclic) bond motifs is 1. The van der Waals surface area contributed by atoms with Crippen LogP contribution in [0.2, 0.25) is 0 Å². The average Bonchev–Trinajstić information content (AvgIpc) is 2.47. The number of hydrogen-bond donors (Lipinski definition) is 0. The second-order valence-corrected chi connectivity index (χ2v) is 5.49. The Balaban J connectivity index is 2.88. The number of rotatable bonds is 3. The van der Waals surface area contributed by atoms with Gasteiger partial charge in [-0.3, -0.25) is 9.36 Å². The number of carbonyl (C=O) groups is 1. The molecule has 0 saturated carbocycles. The van der Waals surface area contributed by atoms with Crippen molar-refractivity contribution in [2.24, 2.45) is 0 Å². The third-order valence-electron chi connectivity index (χ3n) is 3.79. The summed E-state index contributed by atoms with van der Waals surface area (Å²) in [5, 5.41) is 0. The second kappa shape index (κ2) is 6.26. The number of nitrogens with zero attached hydrogens (tertiary/aromatic N) is 2. The fraction of sp³-hybridized carbons (Fsp3) is 0.438. The van der Waals surface area contributed by atoms with Gasteiger partial charge in [-0.1, -0.05) is 0 Å². The van der Waals surface area contributed by atoms with Gasteiger partial charge in [-0.05, 0) is 51.0 Å². The van der Waals surface area contributed by atoms with Gasteiger partial charge in [-0.25, -0.2) is 9.78 Å². The van der Waals surface area contributed by atoms with Crippen molar-refractivity contribution >= 4 is 17.0 Å². The lowest BCUT2D eigenvalue weighted by molar-refractivity contribution is -0.148. The van der Waals surface area contributed by atoms with E-state index in [9.17, 15) is 22.8 Å². The van der Waals surface area contributed by atoms with E-state index in [1.165, 1.54) is 13.0 Å². The van der Waals surface area contributed by atoms with Crippen LogP contribution in [0.1, 0.15) is 36.7 Å². The van der Waals surface area contributed by atoms with Crippen molar-refractivity contribution in [3.05, 3.63) is 39.3 Å². The molecule has 0 aliphatic carbocycles. The highest BCUT2D eigenvalue weighted by molar-refractivity contribution is 5.81. The zero-order chi connectivity index (χ0) is 18.2. The van der Waals surface area contributed by atoms with E-state index < -0.39 is 29.4 Å². The zero-order valence-electron chi connectivity index (χ0n) is 13.7. The first-order valence-corrected chi connectivity index (χ1v) is 7.35. The van der Waals surface area contributed by atoms with Crippen LogP contribution < -0.4 is 5.56 Å². The number of hydrogen-bond acceptors (Lipinski definition) is 4. The first-order chi connectivity index (χ1) is 11.1. The summed E-state index contributed by atoms with van der Waals surface area (Å²) in [5.74, 6) is -0.779. The van der Waals surface area contributed by atoms with Gasteiger partial charge in [0.1, 0.15) is 6.04 Å². The van der Waals surface area contributed by atoms with Crippen molar-refractivity contribution in [1.82, 2.24) is 9.55 Å². The van der Waals surface area contributed by atoms with Gasteiger partial charge in [-0.2, -0.15) is 13.2 Å². The summed E-state index contributed by atoms with van der Waals surface area (Å²) in [4.78, 5) is 27.8. The van der Waals surface area contributed by atoms with Crippen LogP contribution in [-0.4, -0.2) is 22.1 Å². The van der Waals surface area contributed by atoms with E-state index in [0.29, 0.717) is 0 Å². The highest BCUT2D eigenvalue weighted by atomic mass is 19.4. The Hall–Kier alpha value is -2.38. The maximum absolute atomic E-state index is 13.2. The Labute approximate surface area is 136 Å². The molecule has 130 valence electrons. The van der Waals surface area contributed by atoms with E-state index >= 15 is 0 Å². The Bertz CT molecular complexity index is 856. The number of esters is 1. The minimum atomic E-state index is -4.92. The molecule has 0 spiro atoms. The zero-order valence-corrected chi connectivity index (χ0v) is 13.7. The number of halogens is 3. The van der Waals surface area contributed by atoms with Crippen molar-refractivity contribution in [1.29, 1.82) is 0 Å². The maximum Gasteiger partial charge on any atom is 0.438 e. The summed E-state index contributed by atoms with van der Waals surface area (Å²) in [6, 6.07) is 1.81. The molecular formula is C16H17F3N2O3. The topological polar surface area (TPSA) is 61.2 Å². The van der Waals surface area contributed by atoms with Gasteiger partial charge in [0.25, 0.3) is 5.56 Å². The molecule has 1 aromatic heterocycles. The molecule has 2 rings (SSSR count). The van der Waals surface area contributed by atoms with Crippen LogP contribution in [0, 0.1) is 13.8 Å². The van der Waals surface area contributed by atoms with Crippen LogP contribution in [0.5, 0.6) is 0 Å². The molecule has 0 aliphatic rings. The highest BCUT2D eigenvalue weighted by Crippen LogP contribution is 2.28. The van der Waals surface area contributed by atoms with Crippen LogP contribution in [0.25, 0.3) is 11.0 Å².